The normalized spacial score (nSPS) is 10.4. The highest BCUT2D eigenvalue weighted by Gasteiger charge is 2.14. The number of hydrogen-bond donors (Lipinski definition) is 2. The minimum absolute atomic E-state index is 0.254. The van der Waals surface area contributed by atoms with Gasteiger partial charge in [-0.05, 0) is 42.8 Å². The first-order valence-electron chi connectivity index (χ1n) is 5.70. The number of nitrogens with two attached hydrogens (primary N) is 1. The number of rotatable bonds is 2. The molecule has 2 rings (SSSR count). The van der Waals surface area contributed by atoms with Crippen LogP contribution in [-0.4, -0.2) is 5.91 Å². The first-order valence-corrected chi connectivity index (χ1v) is 7.67. The van der Waals surface area contributed by atoms with Crippen LogP contribution in [0, 0.1) is 6.92 Å². The molecule has 3 N–H and O–H groups in total. The molecule has 0 fully saturated rings. The van der Waals surface area contributed by atoms with Crippen molar-refractivity contribution in [2.24, 2.45) is 0 Å². The zero-order valence-corrected chi connectivity index (χ0v) is 14.4. The van der Waals surface area contributed by atoms with E-state index >= 15 is 0 Å². The quantitative estimate of drug-likeness (QED) is 0.674. The summed E-state index contributed by atoms with van der Waals surface area (Å²) in [4.78, 5) is 12.3. The summed E-state index contributed by atoms with van der Waals surface area (Å²) in [7, 11) is 0. The lowest BCUT2D eigenvalue weighted by Gasteiger charge is -2.11. The minimum atomic E-state index is -0.254. The maximum atomic E-state index is 12.3. The van der Waals surface area contributed by atoms with Crippen LogP contribution in [0.5, 0.6) is 0 Å². The summed E-state index contributed by atoms with van der Waals surface area (Å²) < 4.78 is 1.59. The topological polar surface area (TPSA) is 55.1 Å². The van der Waals surface area contributed by atoms with Crippen LogP contribution in [0.4, 0.5) is 11.4 Å². The smallest absolute Gasteiger partial charge is 0.256 e. The molecule has 0 aliphatic carbocycles. The molecule has 0 aromatic heterocycles. The molecule has 2 aromatic carbocycles. The zero-order valence-electron chi connectivity index (χ0n) is 10.5. The average Bonchev–Trinajstić information content (AvgIpc) is 2.38. The summed E-state index contributed by atoms with van der Waals surface area (Å²) in [6.45, 7) is 1.80. The Morgan fingerprint density at radius 3 is 2.60 bits per heavy atom. The number of nitrogens with one attached hydrogen (secondary N) is 1. The van der Waals surface area contributed by atoms with E-state index < -0.39 is 0 Å². The zero-order chi connectivity index (χ0) is 14.9. The van der Waals surface area contributed by atoms with E-state index in [9.17, 15) is 4.79 Å². The largest absolute Gasteiger partial charge is 0.398 e. The van der Waals surface area contributed by atoms with Gasteiger partial charge in [0.15, 0.2) is 0 Å². The highest BCUT2D eigenvalue weighted by molar-refractivity contribution is 9.10. The van der Waals surface area contributed by atoms with Gasteiger partial charge in [0.25, 0.3) is 5.91 Å². The van der Waals surface area contributed by atoms with Crippen LogP contribution in [0.1, 0.15) is 15.9 Å². The van der Waals surface area contributed by atoms with E-state index in [-0.39, 0.29) is 5.91 Å². The molecule has 0 bridgehead atoms. The Labute approximate surface area is 138 Å². The van der Waals surface area contributed by atoms with Gasteiger partial charge in [-0.25, -0.2) is 0 Å². The van der Waals surface area contributed by atoms with Crippen molar-refractivity contribution >= 4 is 60.7 Å². The number of amides is 1. The highest BCUT2D eigenvalue weighted by atomic mass is 79.9. The van der Waals surface area contributed by atoms with Crippen LogP contribution >= 0.6 is 43.5 Å². The van der Waals surface area contributed by atoms with Crippen molar-refractivity contribution in [3.05, 3.63) is 55.4 Å². The molecule has 3 nitrogen and oxygen atoms in total. The van der Waals surface area contributed by atoms with E-state index in [1.807, 2.05) is 0 Å². The van der Waals surface area contributed by atoms with Gasteiger partial charge in [-0.1, -0.05) is 43.5 Å². The molecular weight excluding hydrogens is 407 g/mol. The van der Waals surface area contributed by atoms with Crippen molar-refractivity contribution in [1.82, 2.24) is 0 Å². The van der Waals surface area contributed by atoms with Crippen molar-refractivity contribution in [1.29, 1.82) is 0 Å². The van der Waals surface area contributed by atoms with Gasteiger partial charge in [0, 0.05) is 20.2 Å². The van der Waals surface area contributed by atoms with Gasteiger partial charge < -0.3 is 11.1 Å². The van der Waals surface area contributed by atoms with Gasteiger partial charge >= 0.3 is 0 Å². The highest BCUT2D eigenvalue weighted by Crippen LogP contribution is 2.28. The number of carbonyl (C=O) groups is 1. The van der Waals surface area contributed by atoms with E-state index in [0.29, 0.717) is 22.0 Å². The molecule has 0 spiro atoms. The van der Waals surface area contributed by atoms with Crippen LogP contribution < -0.4 is 11.1 Å². The van der Waals surface area contributed by atoms with Crippen LogP contribution in [0.15, 0.2) is 39.3 Å². The standard InChI is InChI=1S/C14H11Br2ClN2O/c1-7-10(4-9(16)5-12(7)18)14(20)19-13-6-8(15)2-3-11(13)17/h2-6H,18H2,1H3,(H,19,20). The maximum absolute atomic E-state index is 12.3. The lowest BCUT2D eigenvalue weighted by molar-refractivity contribution is 0.102. The first kappa shape index (κ1) is 15.4. The Bertz CT molecular complexity index is 689. The fraction of sp³-hybridized carbons (Fsp3) is 0.0714. The molecule has 0 heterocycles. The summed E-state index contributed by atoms with van der Waals surface area (Å²) in [6, 6.07) is 8.76. The Balaban J connectivity index is 2.35. The van der Waals surface area contributed by atoms with Gasteiger partial charge in [0.1, 0.15) is 0 Å². The van der Waals surface area contributed by atoms with Crippen molar-refractivity contribution < 1.29 is 4.79 Å². The van der Waals surface area contributed by atoms with Crippen LogP contribution in [0.2, 0.25) is 5.02 Å². The molecule has 0 aliphatic heterocycles. The van der Waals surface area contributed by atoms with Gasteiger partial charge in [-0.3, -0.25) is 4.79 Å². The Morgan fingerprint density at radius 1 is 1.20 bits per heavy atom. The molecule has 0 aliphatic rings. The fourth-order valence-corrected chi connectivity index (χ4v) is 2.72. The molecule has 0 atom stereocenters. The predicted octanol–water partition coefficient (Wildman–Crippen LogP) is 5.01. The third kappa shape index (κ3) is 3.34. The Kier molecular flexibility index (Phi) is 4.73. The second-order valence-electron chi connectivity index (χ2n) is 4.25. The minimum Gasteiger partial charge on any atom is -0.398 e. The number of nitrogen functional groups attached to an aromatic ring is 1. The Morgan fingerprint density at radius 2 is 1.90 bits per heavy atom. The van der Waals surface area contributed by atoms with Crippen LogP contribution in [0.3, 0.4) is 0 Å². The predicted molar refractivity (Wildman–Crippen MR) is 90.4 cm³/mol. The number of hydrogen-bond acceptors (Lipinski definition) is 2. The summed E-state index contributed by atoms with van der Waals surface area (Å²) in [5, 5.41) is 3.26. The van der Waals surface area contributed by atoms with Gasteiger partial charge in [0.05, 0.1) is 10.7 Å². The molecule has 0 saturated heterocycles. The van der Waals surface area contributed by atoms with E-state index in [2.05, 4.69) is 37.2 Å². The van der Waals surface area contributed by atoms with Crippen LogP contribution in [-0.2, 0) is 0 Å². The number of benzene rings is 2. The van der Waals surface area contributed by atoms with Crippen molar-refractivity contribution in [3.8, 4) is 0 Å². The monoisotopic (exact) mass is 416 g/mol. The molecule has 104 valence electrons. The number of anilines is 2. The van der Waals surface area contributed by atoms with E-state index in [1.54, 1.807) is 37.3 Å². The second kappa shape index (κ2) is 6.16. The average molecular weight is 419 g/mol. The fourth-order valence-electron chi connectivity index (χ4n) is 1.72. The summed E-state index contributed by atoms with van der Waals surface area (Å²) in [6.07, 6.45) is 0. The van der Waals surface area contributed by atoms with Gasteiger partial charge in [0.2, 0.25) is 0 Å². The molecule has 0 unspecified atom stereocenters. The first-order chi connectivity index (χ1) is 9.38. The molecule has 0 radical (unpaired) electrons. The third-order valence-electron chi connectivity index (χ3n) is 2.83. The SMILES string of the molecule is Cc1c(N)cc(Br)cc1C(=O)Nc1cc(Br)ccc1Cl. The van der Waals surface area contributed by atoms with Crippen LogP contribution in [0.25, 0.3) is 0 Å². The van der Waals surface area contributed by atoms with E-state index in [1.165, 1.54) is 0 Å². The van der Waals surface area contributed by atoms with E-state index in [4.69, 9.17) is 17.3 Å². The molecule has 1 amide bonds. The molecular formula is C14H11Br2ClN2O. The van der Waals surface area contributed by atoms with Gasteiger partial charge in [-0.2, -0.15) is 0 Å². The Hall–Kier alpha value is -1.04. The summed E-state index contributed by atoms with van der Waals surface area (Å²) in [5.41, 5.74) is 8.21. The van der Waals surface area contributed by atoms with Crippen molar-refractivity contribution in [2.75, 3.05) is 11.1 Å². The molecule has 0 saturated carbocycles. The summed E-state index contributed by atoms with van der Waals surface area (Å²) >= 11 is 12.7. The molecule has 6 heteroatoms. The molecule has 20 heavy (non-hydrogen) atoms. The van der Waals surface area contributed by atoms with Gasteiger partial charge in [-0.15, -0.1) is 0 Å². The van der Waals surface area contributed by atoms with E-state index in [0.717, 1.165) is 14.5 Å². The van der Waals surface area contributed by atoms with Crippen molar-refractivity contribution in [3.63, 3.8) is 0 Å². The molecule has 2 aromatic rings. The second-order valence-corrected chi connectivity index (χ2v) is 6.48. The summed E-state index contributed by atoms with van der Waals surface area (Å²) in [5.74, 6) is -0.254. The van der Waals surface area contributed by atoms with Crippen molar-refractivity contribution in [2.45, 2.75) is 6.92 Å². The number of halogens is 3. The third-order valence-corrected chi connectivity index (χ3v) is 4.11. The lowest BCUT2D eigenvalue weighted by atomic mass is 10.1. The lowest BCUT2D eigenvalue weighted by Crippen LogP contribution is -2.14. The maximum Gasteiger partial charge on any atom is 0.256 e. The number of carbonyl (C=O) groups excluding carboxylic acids is 1.